The van der Waals surface area contributed by atoms with Crippen LogP contribution in [0.15, 0.2) is 46.2 Å². The van der Waals surface area contributed by atoms with Crippen LogP contribution in [-0.2, 0) is 21.2 Å². The van der Waals surface area contributed by atoms with E-state index in [0.29, 0.717) is 12.0 Å². The predicted molar refractivity (Wildman–Crippen MR) is 94.7 cm³/mol. The standard InChI is InChI=1S/C16H15N3O4S2/c1-25(22,23)19-15(21)10-24-16-13(9-17)12(8-14(20)18-16)7-11-5-3-2-4-6-11/h2-6,8H,7,10H2,1H3,(H,18,20)(H,19,21). The zero-order chi connectivity index (χ0) is 18.4. The summed E-state index contributed by atoms with van der Waals surface area (Å²) in [6, 6.07) is 12.8. The van der Waals surface area contributed by atoms with E-state index in [-0.39, 0.29) is 16.3 Å². The number of nitrogens with one attached hydrogen (secondary N) is 2. The van der Waals surface area contributed by atoms with Crippen molar-refractivity contribution in [3.8, 4) is 6.07 Å². The molecule has 0 aliphatic heterocycles. The molecule has 0 unspecified atom stereocenters. The van der Waals surface area contributed by atoms with E-state index in [1.807, 2.05) is 41.1 Å². The number of H-pyrrole nitrogens is 1. The molecule has 1 aromatic carbocycles. The highest BCUT2D eigenvalue weighted by molar-refractivity contribution is 8.00. The fraction of sp³-hybridized carbons (Fsp3) is 0.188. The third-order valence-corrected chi connectivity index (χ3v) is 4.69. The number of hydrogen-bond acceptors (Lipinski definition) is 6. The second-order valence-electron chi connectivity index (χ2n) is 5.22. The molecule has 0 aliphatic carbocycles. The van der Waals surface area contributed by atoms with Crippen molar-refractivity contribution in [2.24, 2.45) is 0 Å². The maximum absolute atomic E-state index is 11.9. The second-order valence-corrected chi connectivity index (χ2v) is 7.96. The zero-order valence-electron chi connectivity index (χ0n) is 13.3. The van der Waals surface area contributed by atoms with Gasteiger partial charge in [-0.05, 0) is 17.5 Å². The quantitative estimate of drug-likeness (QED) is 0.725. The van der Waals surface area contributed by atoms with E-state index < -0.39 is 21.5 Å². The van der Waals surface area contributed by atoms with Crippen molar-refractivity contribution in [3.63, 3.8) is 0 Å². The fourth-order valence-electron chi connectivity index (χ4n) is 2.15. The van der Waals surface area contributed by atoms with Gasteiger partial charge in [-0.1, -0.05) is 42.1 Å². The van der Waals surface area contributed by atoms with Crippen LogP contribution >= 0.6 is 11.8 Å². The average Bonchev–Trinajstić information content (AvgIpc) is 2.52. The number of thioether (sulfide) groups is 1. The van der Waals surface area contributed by atoms with E-state index in [1.165, 1.54) is 6.07 Å². The Hall–Kier alpha value is -2.57. The van der Waals surface area contributed by atoms with Crippen molar-refractivity contribution in [3.05, 3.63) is 63.4 Å². The maximum Gasteiger partial charge on any atom is 0.249 e. The molecule has 0 saturated carbocycles. The minimum atomic E-state index is -3.65. The summed E-state index contributed by atoms with van der Waals surface area (Å²) < 4.78 is 23.9. The number of aromatic amines is 1. The minimum Gasteiger partial charge on any atom is -0.316 e. The van der Waals surface area contributed by atoms with Gasteiger partial charge in [0, 0.05) is 6.07 Å². The topological polar surface area (TPSA) is 120 Å². The van der Waals surface area contributed by atoms with Crippen molar-refractivity contribution in [2.75, 3.05) is 12.0 Å². The van der Waals surface area contributed by atoms with Gasteiger partial charge >= 0.3 is 0 Å². The molecule has 0 bridgehead atoms. The normalized spacial score (nSPS) is 10.9. The van der Waals surface area contributed by atoms with Gasteiger partial charge in [0.05, 0.1) is 22.6 Å². The molecule has 0 radical (unpaired) electrons. The summed E-state index contributed by atoms with van der Waals surface area (Å²) in [6.45, 7) is 0. The van der Waals surface area contributed by atoms with Gasteiger partial charge in [-0.15, -0.1) is 0 Å². The van der Waals surface area contributed by atoms with Crippen molar-refractivity contribution in [1.29, 1.82) is 5.26 Å². The Labute approximate surface area is 149 Å². The van der Waals surface area contributed by atoms with Crippen LogP contribution in [-0.4, -0.2) is 31.3 Å². The molecule has 0 saturated heterocycles. The Bertz CT molecular complexity index is 977. The molecule has 9 heteroatoms. The number of carbonyl (C=O) groups excluding carboxylic acids is 1. The first-order valence-corrected chi connectivity index (χ1v) is 10.00. The van der Waals surface area contributed by atoms with E-state index in [2.05, 4.69) is 4.98 Å². The summed E-state index contributed by atoms with van der Waals surface area (Å²) in [5.41, 5.74) is 1.36. The molecule has 0 atom stereocenters. The molecule has 1 aromatic heterocycles. The number of rotatable bonds is 6. The molecular weight excluding hydrogens is 362 g/mol. The van der Waals surface area contributed by atoms with Gasteiger partial charge in [-0.25, -0.2) is 8.42 Å². The first-order valence-electron chi connectivity index (χ1n) is 7.12. The van der Waals surface area contributed by atoms with Crippen molar-refractivity contribution in [2.45, 2.75) is 11.4 Å². The number of aromatic nitrogens is 1. The summed E-state index contributed by atoms with van der Waals surface area (Å²) in [5.74, 6) is -0.974. The predicted octanol–water partition coefficient (Wildman–Crippen LogP) is 1.01. The van der Waals surface area contributed by atoms with Crippen LogP contribution in [0.1, 0.15) is 16.7 Å². The fourth-order valence-corrected chi connectivity index (χ4v) is 3.57. The van der Waals surface area contributed by atoms with Crippen LogP contribution in [0.2, 0.25) is 0 Å². The lowest BCUT2D eigenvalue weighted by atomic mass is 10.0. The largest absolute Gasteiger partial charge is 0.316 e. The smallest absolute Gasteiger partial charge is 0.249 e. The van der Waals surface area contributed by atoms with Gasteiger partial charge < -0.3 is 4.98 Å². The van der Waals surface area contributed by atoms with Gasteiger partial charge in [0.1, 0.15) is 6.07 Å². The number of hydrogen-bond donors (Lipinski definition) is 2. The third-order valence-electron chi connectivity index (χ3n) is 3.09. The molecule has 130 valence electrons. The average molecular weight is 377 g/mol. The van der Waals surface area contributed by atoms with Crippen molar-refractivity contribution < 1.29 is 13.2 Å². The van der Waals surface area contributed by atoms with E-state index in [4.69, 9.17) is 0 Å². The first-order chi connectivity index (χ1) is 11.8. The summed E-state index contributed by atoms with van der Waals surface area (Å²) in [5, 5.41) is 9.68. The molecule has 1 heterocycles. The highest BCUT2D eigenvalue weighted by Crippen LogP contribution is 2.23. The van der Waals surface area contributed by atoms with E-state index >= 15 is 0 Å². The number of nitrogens with zero attached hydrogens (tertiary/aromatic N) is 1. The lowest BCUT2D eigenvalue weighted by molar-refractivity contribution is -0.116. The van der Waals surface area contributed by atoms with Crippen LogP contribution in [0.4, 0.5) is 0 Å². The molecule has 1 amide bonds. The van der Waals surface area contributed by atoms with Crippen molar-refractivity contribution in [1.82, 2.24) is 9.71 Å². The highest BCUT2D eigenvalue weighted by Gasteiger charge is 2.15. The van der Waals surface area contributed by atoms with E-state index in [1.54, 1.807) is 0 Å². The van der Waals surface area contributed by atoms with Gasteiger partial charge in [0.25, 0.3) is 0 Å². The second kappa shape index (κ2) is 8.00. The maximum atomic E-state index is 11.9. The van der Waals surface area contributed by atoms with Gasteiger partial charge in [-0.3, -0.25) is 14.3 Å². The third kappa shape index (κ3) is 5.77. The SMILES string of the molecule is CS(=O)(=O)NC(=O)CSc1[nH]c(=O)cc(Cc2ccccc2)c1C#N. The monoisotopic (exact) mass is 377 g/mol. The Balaban J connectivity index is 2.25. The lowest BCUT2D eigenvalue weighted by Crippen LogP contribution is -2.30. The Morgan fingerprint density at radius 2 is 2.00 bits per heavy atom. The van der Waals surface area contributed by atoms with Crippen LogP contribution in [0.5, 0.6) is 0 Å². The number of pyridine rings is 1. The Kier molecular flexibility index (Phi) is 6.01. The van der Waals surface area contributed by atoms with Crippen molar-refractivity contribution >= 4 is 27.7 Å². The molecule has 7 nitrogen and oxygen atoms in total. The number of amides is 1. The lowest BCUT2D eigenvalue weighted by Gasteiger charge is -2.09. The van der Waals surface area contributed by atoms with Crippen LogP contribution < -0.4 is 10.3 Å². The molecule has 0 aliphatic rings. The molecule has 25 heavy (non-hydrogen) atoms. The van der Waals surface area contributed by atoms with E-state index in [0.717, 1.165) is 23.6 Å². The van der Waals surface area contributed by atoms with Crippen LogP contribution in [0.3, 0.4) is 0 Å². The minimum absolute atomic E-state index is 0.240. The summed E-state index contributed by atoms with van der Waals surface area (Å²) in [7, 11) is -3.65. The molecule has 2 rings (SSSR count). The van der Waals surface area contributed by atoms with E-state index in [9.17, 15) is 23.3 Å². The number of carbonyl (C=O) groups is 1. The summed E-state index contributed by atoms with van der Waals surface area (Å²) >= 11 is 0.905. The van der Waals surface area contributed by atoms with Crippen LogP contribution in [0.25, 0.3) is 0 Å². The highest BCUT2D eigenvalue weighted by atomic mass is 32.2. The van der Waals surface area contributed by atoms with Gasteiger partial charge in [-0.2, -0.15) is 5.26 Å². The van der Waals surface area contributed by atoms with Gasteiger partial charge in [0.2, 0.25) is 21.5 Å². The van der Waals surface area contributed by atoms with Gasteiger partial charge in [0.15, 0.2) is 0 Å². The summed E-state index contributed by atoms with van der Waals surface area (Å²) in [4.78, 5) is 26.0. The molecule has 0 spiro atoms. The Morgan fingerprint density at radius 1 is 1.32 bits per heavy atom. The first kappa shape index (κ1) is 18.8. The Morgan fingerprint density at radius 3 is 2.60 bits per heavy atom. The molecule has 2 N–H and O–H groups in total. The molecule has 2 aromatic rings. The molecular formula is C16H15N3O4S2. The number of benzene rings is 1. The zero-order valence-corrected chi connectivity index (χ0v) is 14.9. The number of nitriles is 1. The molecule has 0 fully saturated rings. The summed E-state index contributed by atoms with van der Waals surface area (Å²) in [6.07, 6.45) is 1.27. The number of sulfonamides is 1. The van der Waals surface area contributed by atoms with Crippen LogP contribution in [0, 0.1) is 11.3 Å².